The summed E-state index contributed by atoms with van der Waals surface area (Å²) < 4.78 is 11.1. The minimum Gasteiger partial charge on any atom is -0.484 e. The fraction of sp³-hybridized carbons (Fsp3) is 0.222. The van der Waals surface area contributed by atoms with Gasteiger partial charge in [0.2, 0.25) is 5.89 Å². The summed E-state index contributed by atoms with van der Waals surface area (Å²) in [4.78, 5) is 16.3. The second kappa shape index (κ2) is 6.52. The van der Waals surface area contributed by atoms with E-state index in [1.165, 1.54) is 0 Å². The molecule has 3 aromatic rings. The lowest BCUT2D eigenvalue weighted by atomic mass is 10.2. The number of aryl methyl sites for hydroxylation is 1. The van der Waals surface area contributed by atoms with Crippen molar-refractivity contribution in [3.05, 3.63) is 60.0 Å². The van der Waals surface area contributed by atoms with Crippen LogP contribution in [0.15, 0.2) is 52.9 Å². The second-order valence-electron chi connectivity index (χ2n) is 5.41. The van der Waals surface area contributed by atoms with E-state index in [2.05, 4.69) is 10.3 Å². The van der Waals surface area contributed by atoms with Crippen LogP contribution in [0.3, 0.4) is 0 Å². The van der Waals surface area contributed by atoms with E-state index in [0.29, 0.717) is 17.2 Å². The average Bonchev–Trinajstić information content (AvgIpc) is 2.98. The molecule has 1 aromatic heterocycles. The van der Waals surface area contributed by atoms with Gasteiger partial charge in [-0.1, -0.05) is 29.8 Å². The van der Waals surface area contributed by atoms with Gasteiger partial charge in [-0.25, -0.2) is 4.98 Å². The number of oxazole rings is 1. The van der Waals surface area contributed by atoms with Crippen molar-refractivity contribution < 1.29 is 13.9 Å². The molecule has 118 valence electrons. The highest BCUT2D eigenvalue weighted by atomic mass is 16.5. The number of carbonyl (C=O) groups excluding carboxylic acids is 1. The molecule has 5 heteroatoms. The normalized spacial score (nSPS) is 12.1. The number of hydrogen-bond acceptors (Lipinski definition) is 4. The van der Waals surface area contributed by atoms with Crippen molar-refractivity contribution in [1.29, 1.82) is 0 Å². The minimum absolute atomic E-state index is 0.0480. The Bertz CT molecular complexity index is 776. The van der Waals surface area contributed by atoms with Crippen LogP contribution < -0.4 is 10.1 Å². The highest BCUT2D eigenvalue weighted by molar-refractivity contribution is 5.78. The molecule has 0 saturated carbocycles. The number of amides is 1. The maximum Gasteiger partial charge on any atom is 0.258 e. The maximum absolute atomic E-state index is 12.0. The lowest BCUT2D eigenvalue weighted by molar-refractivity contribution is -0.123. The van der Waals surface area contributed by atoms with Crippen molar-refractivity contribution in [1.82, 2.24) is 10.3 Å². The van der Waals surface area contributed by atoms with Crippen LogP contribution in [-0.4, -0.2) is 17.5 Å². The monoisotopic (exact) mass is 310 g/mol. The molecule has 1 heterocycles. The van der Waals surface area contributed by atoms with E-state index < -0.39 is 0 Å². The van der Waals surface area contributed by atoms with Crippen LogP contribution in [0.1, 0.15) is 24.4 Å². The zero-order chi connectivity index (χ0) is 16.2. The lowest BCUT2D eigenvalue weighted by Gasteiger charge is -2.11. The Morgan fingerprint density at radius 3 is 2.70 bits per heavy atom. The van der Waals surface area contributed by atoms with Gasteiger partial charge in [-0.3, -0.25) is 4.79 Å². The first-order chi connectivity index (χ1) is 11.1. The van der Waals surface area contributed by atoms with Crippen LogP contribution >= 0.6 is 0 Å². The largest absolute Gasteiger partial charge is 0.484 e. The van der Waals surface area contributed by atoms with Crippen molar-refractivity contribution in [3.63, 3.8) is 0 Å². The minimum atomic E-state index is -0.323. The molecule has 0 saturated heterocycles. The van der Waals surface area contributed by atoms with Crippen LogP contribution in [-0.2, 0) is 4.79 Å². The molecule has 1 N–H and O–H groups in total. The molecule has 0 bridgehead atoms. The summed E-state index contributed by atoms with van der Waals surface area (Å²) in [6, 6.07) is 14.7. The van der Waals surface area contributed by atoms with E-state index in [1.807, 2.05) is 62.4 Å². The molecular formula is C18H18N2O3. The van der Waals surface area contributed by atoms with E-state index in [4.69, 9.17) is 9.15 Å². The number of aromatic nitrogens is 1. The van der Waals surface area contributed by atoms with Crippen molar-refractivity contribution >= 4 is 17.0 Å². The molecule has 3 rings (SSSR count). The van der Waals surface area contributed by atoms with Gasteiger partial charge in [0.05, 0.1) is 0 Å². The molecule has 0 fully saturated rings. The highest BCUT2D eigenvalue weighted by Crippen LogP contribution is 2.19. The van der Waals surface area contributed by atoms with Crippen LogP contribution in [0.4, 0.5) is 0 Å². The zero-order valence-corrected chi connectivity index (χ0v) is 13.1. The Hall–Kier alpha value is -2.82. The molecule has 0 aliphatic rings. The highest BCUT2D eigenvalue weighted by Gasteiger charge is 2.16. The van der Waals surface area contributed by atoms with Crippen LogP contribution in [0.25, 0.3) is 11.1 Å². The number of hydrogen-bond donors (Lipinski definition) is 1. The van der Waals surface area contributed by atoms with Crippen LogP contribution in [0.5, 0.6) is 5.75 Å². The Morgan fingerprint density at radius 2 is 1.96 bits per heavy atom. The van der Waals surface area contributed by atoms with Crippen molar-refractivity contribution in [2.75, 3.05) is 6.61 Å². The number of ether oxygens (including phenoxy) is 1. The first-order valence-corrected chi connectivity index (χ1v) is 7.46. The quantitative estimate of drug-likeness (QED) is 0.784. The van der Waals surface area contributed by atoms with Crippen molar-refractivity contribution in [3.8, 4) is 5.75 Å². The molecule has 1 amide bonds. The molecule has 0 spiro atoms. The van der Waals surface area contributed by atoms with Crippen LogP contribution in [0, 0.1) is 6.92 Å². The number of nitrogens with one attached hydrogen (secondary N) is 1. The number of nitrogens with zero attached hydrogens (tertiary/aromatic N) is 1. The molecule has 0 aliphatic carbocycles. The van der Waals surface area contributed by atoms with Gasteiger partial charge in [0.1, 0.15) is 17.3 Å². The van der Waals surface area contributed by atoms with E-state index in [1.54, 1.807) is 0 Å². The Balaban J connectivity index is 1.57. The van der Waals surface area contributed by atoms with Gasteiger partial charge in [-0.2, -0.15) is 0 Å². The van der Waals surface area contributed by atoms with Gasteiger partial charge in [-0.15, -0.1) is 0 Å². The fourth-order valence-electron chi connectivity index (χ4n) is 2.20. The number of fused-ring (bicyclic) bond motifs is 1. The number of carbonyl (C=O) groups is 1. The molecule has 5 nitrogen and oxygen atoms in total. The first-order valence-electron chi connectivity index (χ1n) is 7.46. The summed E-state index contributed by atoms with van der Waals surface area (Å²) in [5, 5.41) is 2.82. The predicted molar refractivity (Wildman–Crippen MR) is 87.2 cm³/mol. The number of rotatable bonds is 5. The van der Waals surface area contributed by atoms with E-state index in [9.17, 15) is 4.79 Å². The summed E-state index contributed by atoms with van der Waals surface area (Å²) in [5.41, 5.74) is 2.63. The van der Waals surface area contributed by atoms with Crippen molar-refractivity contribution in [2.45, 2.75) is 19.9 Å². The molecule has 0 aliphatic heterocycles. The first kappa shape index (κ1) is 15.1. The summed E-state index contributed by atoms with van der Waals surface area (Å²) >= 11 is 0. The molecule has 1 atom stereocenters. The summed E-state index contributed by atoms with van der Waals surface area (Å²) in [6.45, 7) is 3.78. The molecule has 1 unspecified atom stereocenters. The summed E-state index contributed by atoms with van der Waals surface area (Å²) in [5.74, 6) is 0.926. The summed E-state index contributed by atoms with van der Waals surface area (Å²) in [7, 11) is 0. The molecule has 23 heavy (non-hydrogen) atoms. The SMILES string of the molecule is Cc1ccc(OCC(=O)NC(C)c2nc3ccccc3o2)cc1. The predicted octanol–water partition coefficient (Wildman–Crippen LogP) is 3.39. The van der Waals surface area contributed by atoms with E-state index in [-0.39, 0.29) is 18.6 Å². The zero-order valence-electron chi connectivity index (χ0n) is 13.1. The topological polar surface area (TPSA) is 64.4 Å². The smallest absolute Gasteiger partial charge is 0.258 e. The average molecular weight is 310 g/mol. The van der Waals surface area contributed by atoms with Crippen molar-refractivity contribution in [2.24, 2.45) is 0 Å². The maximum atomic E-state index is 12.0. The van der Waals surface area contributed by atoms with Gasteiger partial charge in [-0.05, 0) is 38.1 Å². The molecule has 2 aromatic carbocycles. The number of benzene rings is 2. The second-order valence-corrected chi connectivity index (χ2v) is 5.41. The fourth-order valence-corrected chi connectivity index (χ4v) is 2.20. The lowest BCUT2D eigenvalue weighted by Crippen LogP contribution is -2.31. The third kappa shape index (κ3) is 3.69. The summed E-state index contributed by atoms with van der Waals surface area (Å²) in [6.07, 6.45) is 0. The third-order valence-corrected chi connectivity index (χ3v) is 3.45. The van der Waals surface area contributed by atoms with Gasteiger partial charge >= 0.3 is 0 Å². The third-order valence-electron chi connectivity index (χ3n) is 3.45. The van der Waals surface area contributed by atoms with Gasteiger partial charge in [0.15, 0.2) is 12.2 Å². The Morgan fingerprint density at radius 1 is 1.22 bits per heavy atom. The Labute approximate surface area is 134 Å². The van der Waals surface area contributed by atoms with E-state index in [0.717, 1.165) is 11.1 Å². The van der Waals surface area contributed by atoms with E-state index >= 15 is 0 Å². The van der Waals surface area contributed by atoms with Gasteiger partial charge in [0.25, 0.3) is 5.91 Å². The Kier molecular flexibility index (Phi) is 4.28. The van der Waals surface area contributed by atoms with Crippen LogP contribution in [0.2, 0.25) is 0 Å². The number of para-hydroxylation sites is 2. The molecular weight excluding hydrogens is 292 g/mol. The van der Waals surface area contributed by atoms with Gasteiger partial charge in [0, 0.05) is 0 Å². The van der Waals surface area contributed by atoms with Gasteiger partial charge < -0.3 is 14.5 Å². The molecule has 0 radical (unpaired) electrons. The standard InChI is InChI=1S/C18H18N2O3/c1-12-7-9-14(10-8-12)22-11-17(21)19-13(2)18-20-15-5-3-4-6-16(15)23-18/h3-10,13H,11H2,1-2H3,(H,19,21).